The maximum absolute atomic E-state index is 6.19. The maximum Gasteiger partial charge on any atom is 0.0332 e. The monoisotopic (exact) mass is 237 g/mol. The van der Waals surface area contributed by atoms with Crippen molar-refractivity contribution in [3.8, 4) is 0 Å². The van der Waals surface area contributed by atoms with Crippen LogP contribution in [-0.4, -0.2) is 0 Å². The van der Waals surface area contributed by atoms with Gasteiger partial charge in [0, 0.05) is 6.04 Å². The van der Waals surface area contributed by atoms with Gasteiger partial charge in [0.2, 0.25) is 0 Å². The van der Waals surface area contributed by atoms with E-state index in [1.165, 1.54) is 16.7 Å². The molecule has 0 aromatic heterocycles. The summed E-state index contributed by atoms with van der Waals surface area (Å²) in [6.07, 6.45) is 3.62. The van der Waals surface area contributed by atoms with Gasteiger partial charge in [0.1, 0.15) is 0 Å². The Morgan fingerprint density at radius 2 is 1.67 bits per heavy atom. The predicted octanol–water partition coefficient (Wildman–Crippen LogP) is 3.85. The van der Waals surface area contributed by atoms with E-state index in [4.69, 9.17) is 5.73 Å². The minimum absolute atomic E-state index is 0.0439. The highest BCUT2D eigenvalue weighted by Gasteiger charge is 2.09. The molecule has 0 aliphatic carbocycles. The Bertz CT molecular complexity index is 502. The second-order valence-electron chi connectivity index (χ2n) is 4.49. The van der Waals surface area contributed by atoms with Crippen molar-refractivity contribution in [3.05, 3.63) is 83.9 Å². The average Bonchev–Trinajstić information content (AvgIpc) is 2.41. The molecule has 2 N–H and O–H groups in total. The van der Waals surface area contributed by atoms with E-state index in [1.54, 1.807) is 0 Å². The molecule has 1 heteroatoms. The van der Waals surface area contributed by atoms with Crippen molar-refractivity contribution in [2.24, 2.45) is 5.73 Å². The van der Waals surface area contributed by atoms with Gasteiger partial charge in [-0.1, -0.05) is 60.7 Å². The molecular weight excluding hydrogens is 218 g/mol. The van der Waals surface area contributed by atoms with E-state index in [0.717, 1.165) is 12.8 Å². The molecule has 0 radical (unpaired) electrons. The topological polar surface area (TPSA) is 26.0 Å². The first kappa shape index (κ1) is 12.6. The lowest BCUT2D eigenvalue weighted by molar-refractivity contribution is 0.732. The van der Waals surface area contributed by atoms with E-state index >= 15 is 0 Å². The Labute approximate surface area is 109 Å². The van der Waals surface area contributed by atoms with Crippen LogP contribution in [0.1, 0.15) is 29.2 Å². The zero-order valence-corrected chi connectivity index (χ0v) is 10.5. The summed E-state index contributed by atoms with van der Waals surface area (Å²) in [4.78, 5) is 0. The number of benzene rings is 2. The molecule has 18 heavy (non-hydrogen) atoms. The van der Waals surface area contributed by atoms with Crippen LogP contribution in [0.3, 0.4) is 0 Å². The molecule has 0 spiro atoms. The van der Waals surface area contributed by atoms with E-state index in [1.807, 2.05) is 18.2 Å². The fourth-order valence-corrected chi connectivity index (χ4v) is 2.18. The zero-order chi connectivity index (χ0) is 12.8. The summed E-state index contributed by atoms with van der Waals surface area (Å²) in [5.74, 6) is 0. The summed E-state index contributed by atoms with van der Waals surface area (Å²) < 4.78 is 0. The quantitative estimate of drug-likeness (QED) is 0.785. The first-order valence-corrected chi connectivity index (χ1v) is 6.29. The first-order chi connectivity index (χ1) is 8.81. The van der Waals surface area contributed by atoms with Gasteiger partial charge in [-0.2, -0.15) is 0 Å². The normalized spacial score (nSPS) is 12.1. The zero-order valence-electron chi connectivity index (χ0n) is 10.5. The second-order valence-corrected chi connectivity index (χ2v) is 4.49. The summed E-state index contributed by atoms with van der Waals surface area (Å²) in [7, 11) is 0. The standard InChI is InChI=1S/C17H19N/c1-2-8-17(18)16-12-7-6-11-15(16)13-14-9-4-3-5-10-14/h2-7,9-12,17H,1,8,13,18H2. The van der Waals surface area contributed by atoms with Crippen LogP contribution in [0.25, 0.3) is 0 Å². The van der Waals surface area contributed by atoms with Crippen LogP contribution >= 0.6 is 0 Å². The Hall–Kier alpha value is -1.86. The average molecular weight is 237 g/mol. The van der Waals surface area contributed by atoms with Gasteiger partial charge >= 0.3 is 0 Å². The van der Waals surface area contributed by atoms with Crippen molar-refractivity contribution in [3.63, 3.8) is 0 Å². The molecular formula is C17H19N. The molecule has 2 rings (SSSR count). The SMILES string of the molecule is C=CCC(N)c1ccccc1Cc1ccccc1. The van der Waals surface area contributed by atoms with E-state index in [2.05, 4.69) is 49.0 Å². The fourth-order valence-electron chi connectivity index (χ4n) is 2.18. The highest BCUT2D eigenvalue weighted by atomic mass is 14.6. The summed E-state index contributed by atoms with van der Waals surface area (Å²) in [6.45, 7) is 3.76. The second kappa shape index (κ2) is 6.18. The highest BCUT2D eigenvalue weighted by molar-refractivity contribution is 5.34. The lowest BCUT2D eigenvalue weighted by Gasteiger charge is -2.15. The van der Waals surface area contributed by atoms with E-state index < -0.39 is 0 Å². The summed E-state index contributed by atoms with van der Waals surface area (Å²) >= 11 is 0. The summed E-state index contributed by atoms with van der Waals surface area (Å²) in [5, 5.41) is 0. The third kappa shape index (κ3) is 3.08. The van der Waals surface area contributed by atoms with Crippen LogP contribution in [0.4, 0.5) is 0 Å². The smallest absolute Gasteiger partial charge is 0.0332 e. The van der Waals surface area contributed by atoms with Crippen molar-refractivity contribution in [1.29, 1.82) is 0 Å². The van der Waals surface area contributed by atoms with Gasteiger partial charge in [-0.05, 0) is 29.5 Å². The molecule has 1 nitrogen and oxygen atoms in total. The van der Waals surface area contributed by atoms with Gasteiger partial charge in [0.15, 0.2) is 0 Å². The van der Waals surface area contributed by atoms with Crippen molar-refractivity contribution in [2.45, 2.75) is 18.9 Å². The molecule has 0 amide bonds. The Kier molecular flexibility index (Phi) is 4.32. The number of hydrogen-bond acceptors (Lipinski definition) is 1. The van der Waals surface area contributed by atoms with Gasteiger partial charge in [0.05, 0.1) is 0 Å². The summed E-state index contributed by atoms with van der Waals surface area (Å²) in [6, 6.07) is 18.9. The molecule has 0 bridgehead atoms. The predicted molar refractivity (Wildman–Crippen MR) is 77.4 cm³/mol. The molecule has 0 saturated heterocycles. The van der Waals surface area contributed by atoms with Crippen molar-refractivity contribution in [2.75, 3.05) is 0 Å². The van der Waals surface area contributed by atoms with Gasteiger partial charge < -0.3 is 5.73 Å². The van der Waals surface area contributed by atoms with Crippen LogP contribution in [0.5, 0.6) is 0 Å². The van der Waals surface area contributed by atoms with Crippen LogP contribution in [0.2, 0.25) is 0 Å². The minimum Gasteiger partial charge on any atom is -0.324 e. The first-order valence-electron chi connectivity index (χ1n) is 6.29. The van der Waals surface area contributed by atoms with Crippen LogP contribution in [-0.2, 0) is 6.42 Å². The van der Waals surface area contributed by atoms with E-state index in [9.17, 15) is 0 Å². The van der Waals surface area contributed by atoms with Crippen LogP contribution in [0, 0.1) is 0 Å². The summed E-state index contributed by atoms with van der Waals surface area (Å²) in [5.41, 5.74) is 10.0. The third-order valence-electron chi connectivity index (χ3n) is 3.11. The molecule has 0 heterocycles. The van der Waals surface area contributed by atoms with Crippen molar-refractivity contribution < 1.29 is 0 Å². The molecule has 0 aliphatic rings. The number of rotatable bonds is 5. The maximum atomic E-state index is 6.19. The number of nitrogens with two attached hydrogens (primary N) is 1. The molecule has 0 fully saturated rings. The molecule has 0 saturated carbocycles. The lowest BCUT2D eigenvalue weighted by atomic mass is 9.94. The molecule has 2 aromatic carbocycles. The minimum atomic E-state index is 0.0439. The molecule has 92 valence electrons. The van der Waals surface area contributed by atoms with Crippen molar-refractivity contribution >= 4 is 0 Å². The van der Waals surface area contributed by atoms with Crippen LogP contribution in [0.15, 0.2) is 67.3 Å². The van der Waals surface area contributed by atoms with Crippen molar-refractivity contribution in [1.82, 2.24) is 0 Å². The fraction of sp³-hybridized carbons (Fsp3) is 0.176. The molecule has 0 aliphatic heterocycles. The largest absolute Gasteiger partial charge is 0.324 e. The Morgan fingerprint density at radius 3 is 2.39 bits per heavy atom. The molecule has 2 aromatic rings. The number of hydrogen-bond donors (Lipinski definition) is 1. The van der Waals surface area contributed by atoms with E-state index in [0.29, 0.717) is 0 Å². The molecule has 1 unspecified atom stereocenters. The van der Waals surface area contributed by atoms with Gasteiger partial charge in [0.25, 0.3) is 0 Å². The van der Waals surface area contributed by atoms with Gasteiger partial charge in [-0.3, -0.25) is 0 Å². The van der Waals surface area contributed by atoms with Crippen LogP contribution < -0.4 is 5.73 Å². The molecule has 1 atom stereocenters. The van der Waals surface area contributed by atoms with Gasteiger partial charge in [-0.25, -0.2) is 0 Å². The highest BCUT2D eigenvalue weighted by Crippen LogP contribution is 2.21. The van der Waals surface area contributed by atoms with Gasteiger partial charge in [-0.15, -0.1) is 6.58 Å². The third-order valence-corrected chi connectivity index (χ3v) is 3.11. The Balaban J connectivity index is 2.25. The Morgan fingerprint density at radius 1 is 1.00 bits per heavy atom. The van der Waals surface area contributed by atoms with E-state index in [-0.39, 0.29) is 6.04 Å². The lowest BCUT2D eigenvalue weighted by Crippen LogP contribution is -2.11.